The molecule has 0 amide bonds. The van der Waals surface area contributed by atoms with E-state index in [1.54, 1.807) is 16.8 Å². The molecule has 1 aromatic heterocycles. The second-order valence-electron chi connectivity index (χ2n) is 5.85. The van der Waals surface area contributed by atoms with Crippen LogP contribution in [0.4, 0.5) is 0 Å². The molecular formula is C19H26N4OS. The van der Waals surface area contributed by atoms with Crippen molar-refractivity contribution in [1.82, 2.24) is 20.4 Å². The van der Waals surface area contributed by atoms with Gasteiger partial charge >= 0.3 is 0 Å². The molecule has 2 N–H and O–H groups in total. The second kappa shape index (κ2) is 10.6. The molecule has 0 saturated heterocycles. The summed E-state index contributed by atoms with van der Waals surface area (Å²) in [6, 6.07) is 13.3. The summed E-state index contributed by atoms with van der Waals surface area (Å²) in [5, 5.41) is 11.5. The number of nitrogens with zero attached hydrogens (tertiary/aromatic N) is 2. The topological polar surface area (TPSA) is 58.9 Å². The van der Waals surface area contributed by atoms with E-state index in [2.05, 4.69) is 15.7 Å². The first-order valence-corrected chi connectivity index (χ1v) is 9.27. The van der Waals surface area contributed by atoms with Crippen molar-refractivity contribution in [2.24, 2.45) is 0 Å². The average molecular weight is 359 g/mol. The lowest BCUT2D eigenvalue weighted by Gasteiger charge is -2.09. The third kappa shape index (κ3) is 6.66. The molecule has 0 fully saturated rings. The number of hydrogen-bond donors (Lipinski definition) is 2. The number of aryl methyl sites for hydroxylation is 1. The van der Waals surface area contributed by atoms with Gasteiger partial charge in [0, 0.05) is 31.3 Å². The highest BCUT2D eigenvalue weighted by Crippen LogP contribution is 2.14. The molecule has 2 rings (SSSR count). The minimum absolute atomic E-state index is 0.0441. The molecule has 0 bridgehead atoms. The van der Waals surface area contributed by atoms with E-state index in [-0.39, 0.29) is 5.56 Å². The van der Waals surface area contributed by atoms with Crippen LogP contribution in [-0.4, -0.2) is 28.0 Å². The smallest absolute Gasteiger partial charge is 0.266 e. The van der Waals surface area contributed by atoms with Gasteiger partial charge in [0.1, 0.15) is 0 Å². The molecule has 0 spiro atoms. The number of nitrogens with one attached hydrogen (secondary N) is 2. The quantitative estimate of drug-likeness (QED) is 0.533. The molecule has 2 aromatic rings. The van der Waals surface area contributed by atoms with E-state index in [1.165, 1.54) is 0 Å². The summed E-state index contributed by atoms with van der Waals surface area (Å²) in [6.45, 7) is 4.41. The number of rotatable bonds is 9. The van der Waals surface area contributed by atoms with Crippen molar-refractivity contribution < 1.29 is 0 Å². The first kappa shape index (κ1) is 19.1. The minimum atomic E-state index is -0.0441. The van der Waals surface area contributed by atoms with E-state index in [0.717, 1.165) is 55.1 Å². The lowest BCUT2D eigenvalue weighted by molar-refractivity contribution is 0.515. The highest BCUT2D eigenvalue weighted by molar-refractivity contribution is 7.80. The highest BCUT2D eigenvalue weighted by Gasteiger charge is 2.03. The number of benzene rings is 1. The Morgan fingerprint density at radius 3 is 2.56 bits per heavy atom. The number of thiocarbonyl (C=S) groups is 1. The van der Waals surface area contributed by atoms with Crippen LogP contribution in [0.1, 0.15) is 32.6 Å². The lowest BCUT2D eigenvalue weighted by atomic mass is 10.1. The van der Waals surface area contributed by atoms with Crippen LogP contribution in [0.25, 0.3) is 11.3 Å². The van der Waals surface area contributed by atoms with Crippen molar-refractivity contribution in [2.45, 2.75) is 39.2 Å². The first-order chi connectivity index (χ1) is 12.2. The maximum atomic E-state index is 12.0. The second-order valence-corrected chi connectivity index (χ2v) is 6.25. The molecule has 0 aliphatic rings. The van der Waals surface area contributed by atoms with Crippen LogP contribution in [0.15, 0.2) is 47.3 Å². The van der Waals surface area contributed by atoms with Gasteiger partial charge < -0.3 is 10.6 Å². The Kier molecular flexibility index (Phi) is 8.12. The van der Waals surface area contributed by atoms with Gasteiger partial charge in [0.25, 0.3) is 5.56 Å². The molecule has 5 nitrogen and oxygen atoms in total. The number of aromatic nitrogens is 2. The van der Waals surface area contributed by atoms with Crippen molar-refractivity contribution in [1.29, 1.82) is 0 Å². The zero-order chi connectivity index (χ0) is 17.9. The maximum absolute atomic E-state index is 12.0. The monoisotopic (exact) mass is 358 g/mol. The van der Waals surface area contributed by atoms with Crippen molar-refractivity contribution >= 4 is 17.3 Å². The summed E-state index contributed by atoms with van der Waals surface area (Å²) in [4.78, 5) is 12.0. The fourth-order valence-corrected chi connectivity index (χ4v) is 2.78. The van der Waals surface area contributed by atoms with E-state index in [0.29, 0.717) is 6.54 Å². The van der Waals surface area contributed by atoms with Crippen molar-refractivity contribution in [3.63, 3.8) is 0 Å². The molecule has 1 aromatic carbocycles. The summed E-state index contributed by atoms with van der Waals surface area (Å²) in [6.07, 6.45) is 4.19. The fraction of sp³-hybridized carbons (Fsp3) is 0.421. The van der Waals surface area contributed by atoms with Crippen LogP contribution >= 0.6 is 12.2 Å². The van der Waals surface area contributed by atoms with E-state index in [9.17, 15) is 4.79 Å². The molecule has 25 heavy (non-hydrogen) atoms. The number of unbranched alkanes of at least 4 members (excludes halogenated alkanes) is 3. The molecule has 0 atom stereocenters. The zero-order valence-electron chi connectivity index (χ0n) is 14.7. The predicted molar refractivity (Wildman–Crippen MR) is 107 cm³/mol. The maximum Gasteiger partial charge on any atom is 0.266 e. The largest absolute Gasteiger partial charge is 0.363 e. The summed E-state index contributed by atoms with van der Waals surface area (Å²) in [7, 11) is 0. The first-order valence-electron chi connectivity index (χ1n) is 8.86. The SMILES string of the molecule is CCNC(=S)NCCCCCCn1nc(-c2ccccc2)ccc1=O. The van der Waals surface area contributed by atoms with E-state index >= 15 is 0 Å². The van der Waals surface area contributed by atoms with Crippen LogP contribution in [0.3, 0.4) is 0 Å². The summed E-state index contributed by atoms with van der Waals surface area (Å²) in [5.41, 5.74) is 1.82. The Labute approximate surface area is 154 Å². The molecule has 0 unspecified atom stereocenters. The summed E-state index contributed by atoms with van der Waals surface area (Å²) in [5.74, 6) is 0. The molecule has 0 aliphatic heterocycles. The van der Waals surface area contributed by atoms with Gasteiger partial charge in [-0.1, -0.05) is 43.2 Å². The van der Waals surface area contributed by atoms with Gasteiger partial charge in [0.2, 0.25) is 0 Å². The van der Waals surface area contributed by atoms with Gasteiger partial charge in [-0.15, -0.1) is 0 Å². The lowest BCUT2D eigenvalue weighted by Crippen LogP contribution is -2.35. The molecule has 0 radical (unpaired) electrons. The Morgan fingerprint density at radius 1 is 1.04 bits per heavy atom. The van der Waals surface area contributed by atoms with Crippen LogP contribution in [0.2, 0.25) is 0 Å². The van der Waals surface area contributed by atoms with Crippen LogP contribution in [-0.2, 0) is 6.54 Å². The standard InChI is InChI=1S/C19H26N4OS/c1-2-20-19(25)21-14-8-3-4-9-15-23-18(24)13-12-17(22-23)16-10-6-5-7-11-16/h5-7,10-13H,2-4,8-9,14-15H2,1H3,(H2,20,21,25). The van der Waals surface area contributed by atoms with Crippen LogP contribution < -0.4 is 16.2 Å². The van der Waals surface area contributed by atoms with Gasteiger partial charge in [-0.2, -0.15) is 5.10 Å². The molecule has 0 aliphatic carbocycles. The number of hydrogen-bond acceptors (Lipinski definition) is 3. The predicted octanol–water partition coefficient (Wildman–Crippen LogP) is 2.95. The normalized spacial score (nSPS) is 10.4. The minimum Gasteiger partial charge on any atom is -0.363 e. The van der Waals surface area contributed by atoms with Gasteiger partial charge in [-0.25, -0.2) is 4.68 Å². The van der Waals surface area contributed by atoms with Crippen LogP contribution in [0.5, 0.6) is 0 Å². The Morgan fingerprint density at radius 2 is 1.80 bits per heavy atom. The third-order valence-corrected chi connectivity index (χ3v) is 4.14. The van der Waals surface area contributed by atoms with Gasteiger partial charge in [-0.05, 0) is 38.0 Å². The van der Waals surface area contributed by atoms with E-state index in [1.807, 2.05) is 37.3 Å². The molecular weight excluding hydrogens is 332 g/mol. The van der Waals surface area contributed by atoms with Gasteiger partial charge in [-0.3, -0.25) is 4.79 Å². The van der Waals surface area contributed by atoms with Gasteiger partial charge in [0.15, 0.2) is 5.11 Å². The molecule has 134 valence electrons. The van der Waals surface area contributed by atoms with Crippen molar-refractivity contribution in [3.05, 3.63) is 52.8 Å². The third-order valence-electron chi connectivity index (χ3n) is 3.86. The Balaban J connectivity index is 1.74. The Hall–Kier alpha value is -2.21. The van der Waals surface area contributed by atoms with Crippen molar-refractivity contribution in [2.75, 3.05) is 13.1 Å². The van der Waals surface area contributed by atoms with Crippen LogP contribution in [0, 0.1) is 0 Å². The zero-order valence-corrected chi connectivity index (χ0v) is 15.5. The highest BCUT2D eigenvalue weighted by atomic mass is 32.1. The molecule has 0 saturated carbocycles. The fourth-order valence-electron chi connectivity index (χ4n) is 2.54. The van der Waals surface area contributed by atoms with E-state index < -0.39 is 0 Å². The summed E-state index contributed by atoms with van der Waals surface area (Å²) < 4.78 is 1.57. The average Bonchev–Trinajstić information content (AvgIpc) is 2.63. The molecule has 1 heterocycles. The van der Waals surface area contributed by atoms with Crippen molar-refractivity contribution in [3.8, 4) is 11.3 Å². The van der Waals surface area contributed by atoms with E-state index in [4.69, 9.17) is 12.2 Å². The molecule has 6 heteroatoms. The summed E-state index contributed by atoms with van der Waals surface area (Å²) >= 11 is 5.12. The Bertz CT molecular complexity index is 715. The van der Waals surface area contributed by atoms with Gasteiger partial charge in [0.05, 0.1) is 5.69 Å².